The lowest BCUT2D eigenvalue weighted by molar-refractivity contribution is 0.239. The Morgan fingerprint density at radius 2 is 1.73 bits per heavy atom. The van der Waals surface area contributed by atoms with Gasteiger partial charge in [-0.25, -0.2) is 0 Å². The smallest absolute Gasteiger partial charge is 0.0102 e. The van der Waals surface area contributed by atoms with Crippen LogP contribution in [0.1, 0.15) is 45.4 Å². The number of hydrogen-bond acceptors (Lipinski definition) is 1. The van der Waals surface area contributed by atoms with Crippen molar-refractivity contribution in [1.82, 2.24) is 0 Å². The molecule has 1 nitrogen and oxygen atoms in total. The second-order valence-corrected chi connectivity index (χ2v) is 4.65. The SMILES string of the molecule is C[C@]1(C2CCCCC2)C[C@@H]1N. The molecule has 0 aromatic heterocycles. The second-order valence-electron chi connectivity index (χ2n) is 4.65. The van der Waals surface area contributed by atoms with E-state index in [1.807, 2.05) is 0 Å². The minimum absolute atomic E-state index is 0.533. The third-order valence-electron chi connectivity index (χ3n) is 3.88. The molecule has 2 fully saturated rings. The van der Waals surface area contributed by atoms with Crippen molar-refractivity contribution in [3.05, 3.63) is 0 Å². The molecule has 0 aliphatic heterocycles. The molecular weight excluding hydrogens is 134 g/mol. The van der Waals surface area contributed by atoms with Crippen LogP contribution in [-0.2, 0) is 0 Å². The first-order valence-electron chi connectivity index (χ1n) is 4.99. The molecule has 0 bridgehead atoms. The zero-order valence-electron chi connectivity index (χ0n) is 7.47. The molecule has 0 saturated heterocycles. The van der Waals surface area contributed by atoms with Crippen LogP contribution in [0.15, 0.2) is 0 Å². The quantitative estimate of drug-likeness (QED) is 0.614. The Balaban J connectivity index is 1.94. The van der Waals surface area contributed by atoms with Crippen LogP contribution in [-0.4, -0.2) is 6.04 Å². The Kier molecular flexibility index (Phi) is 1.71. The summed E-state index contributed by atoms with van der Waals surface area (Å²) in [5.74, 6) is 0.964. The van der Waals surface area contributed by atoms with Crippen molar-refractivity contribution in [2.45, 2.75) is 51.5 Å². The van der Waals surface area contributed by atoms with Gasteiger partial charge in [0.15, 0.2) is 0 Å². The van der Waals surface area contributed by atoms with Gasteiger partial charge in [-0.3, -0.25) is 0 Å². The topological polar surface area (TPSA) is 26.0 Å². The van der Waals surface area contributed by atoms with E-state index in [1.165, 1.54) is 38.5 Å². The molecule has 2 atom stereocenters. The molecule has 2 aliphatic carbocycles. The summed E-state index contributed by atoms with van der Waals surface area (Å²) in [7, 11) is 0. The van der Waals surface area contributed by atoms with Gasteiger partial charge in [-0.15, -0.1) is 0 Å². The monoisotopic (exact) mass is 153 g/mol. The molecule has 2 N–H and O–H groups in total. The maximum Gasteiger partial charge on any atom is 0.0102 e. The van der Waals surface area contributed by atoms with Crippen LogP contribution in [0.3, 0.4) is 0 Å². The Labute approximate surface area is 69.4 Å². The van der Waals surface area contributed by atoms with Crippen molar-refractivity contribution in [3.8, 4) is 0 Å². The van der Waals surface area contributed by atoms with E-state index in [1.54, 1.807) is 0 Å². The zero-order chi connectivity index (χ0) is 7.90. The van der Waals surface area contributed by atoms with Crippen molar-refractivity contribution < 1.29 is 0 Å². The number of nitrogens with two attached hydrogens (primary N) is 1. The fraction of sp³-hybridized carbons (Fsp3) is 1.00. The zero-order valence-corrected chi connectivity index (χ0v) is 7.47. The third-order valence-corrected chi connectivity index (χ3v) is 3.88. The van der Waals surface area contributed by atoms with Crippen molar-refractivity contribution in [3.63, 3.8) is 0 Å². The van der Waals surface area contributed by atoms with E-state index < -0.39 is 0 Å². The van der Waals surface area contributed by atoms with Gasteiger partial charge in [-0.2, -0.15) is 0 Å². The van der Waals surface area contributed by atoms with Gasteiger partial charge in [0.05, 0.1) is 0 Å². The van der Waals surface area contributed by atoms with Crippen molar-refractivity contribution in [2.24, 2.45) is 17.1 Å². The normalized spacial score (nSPS) is 45.8. The van der Waals surface area contributed by atoms with E-state index in [9.17, 15) is 0 Å². The number of hydrogen-bond donors (Lipinski definition) is 1. The lowest BCUT2D eigenvalue weighted by Crippen LogP contribution is -2.22. The summed E-state index contributed by atoms with van der Waals surface area (Å²) < 4.78 is 0. The summed E-state index contributed by atoms with van der Waals surface area (Å²) in [5.41, 5.74) is 6.49. The highest BCUT2D eigenvalue weighted by Crippen LogP contribution is 2.54. The van der Waals surface area contributed by atoms with Crippen LogP contribution in [0.4, 0.5) is 0 Å². The molecule has 0 amide bonds. The fourth-order valence-electron chi connectivity index (χ4n) is 2.65. The van der Waals surface area contributed by atoms with Gasteiger partial charge < -0.3 is 5.73 Å². The first kappa shape index (κ1) is 7.60. The molecular formula is C10H19N. The molecule has 0 spiro atoms. The van der Waals surface area contributed by atoms with E-state index in [4.69, 9.17) is 5.73 Å². The van der Waals surface area contributed by atoms with Gasteiger partial charge in [-0.1, -0.05) is 26.2 Å². The average molecular weight is 153 g/mol. The highest BCUT2D eigenvalue weighted by atomic mass is 14.8. The van der Waals surface area contributed by atoms with E-state index >= 15 is 0 Å². The van der Waals surface area contributed by atoms with E-state index in [-0.39, 0.29) is 0 Å². The summed E-state index contributed by atoms with van der Waals surface area (Å²) in [6, 6.07) is 0.533. The van der Waals surface area contributed by atoms with Crippen LogP contribution in [0.2, 0.25) is 0 Å². The summed E-state index contributed by atoms with van der Waals surface area (Å²) in [4.78, 5) is 0. The summed E-state index contributed by atoms with van der Waals surface area (Å²) >= 11 is 0. The summed E-state index contributed by atoms with van der Waals surface area (Å²) in [6.45, 7) is 2.38. The lowest BCUT2D eigenvalue weighted by atomic mass is 9.78. The minimum atomic E-state index is 0.533. The maximum atomic E-state index is 5.93. The van der Waals surface area contributed by atoms with Gasteiger partial charge in [-0.05, 0) is 30.6 Å². The first-order chi connectivity index (χ1) is 5.23. The van der Waals surface area contributed by atoms with Crippen LogP contribution in [0.5, 0.6) is 0 Å². The Hall–Kier alpha value is -0.0400. The van der Waals surface area contributed by atoms with Gasteiger partial charge >= 0.3 is 0 Å². The molecule has 0 aromatic carbocycles. The van der Waals surface area contributed by atoms with Crippen molar-refractivity contribution in [1.29, 1.82) is 0 Å². The van der Waals surface area contributed by atoms with Crippen LogP contribution >= 0.6 is 0 Å². The van der Waals surface area contributed by atoms with E-state index in [0.29, 0.717) is 11.5 Å². The maximum absolute atomic E-state index is 5.93. The highest BCUT2D eigenvalue weighted by molar-refractivity contribution is 5.06. The predicted octanol–water partition coefficient (Wildman–Crippen LogP) is 2.30. The second kappa shape index (κ2) is 2.48. The highest BCUT2D eigenvalue weighted by Gasteiger charge is 2.52. The van der Waals surface area contributed by atoms with Crippen molar-refractivity contribution in [2.75, 3.05) is 0 Å². The predicted molar refractivity (Wildman–Crippen MR) is 47.3 cm³/mol. The van der Waals surface area contributed by atoms with Crippen LogP contribution < -0.4 is 5.73 Å². The average Bonchev–Trinajstić information content (AvgIpc) is 2.64. The van der Waals surface area contributed by atoms with Crippen LogP contribution in [0.25, 0.3) is 0 Å². The molecule has 0 aromatic rings. The van der Waals surface area contributed by atoms with Gasteiger partial charge in [0.25, 0.3) is 0 Å². The Morgan fingerprint density at radius 3 is 2.18 bits per heavy atom. The fourth-order valence-corrected chi connectivity index (χ4v) is 2.65. The molecule has 0 unspecified atom stereocenters. The van der Waals surface area contributed by atoms with E-state index in [2.05, 4.69) is 6.92 Å². The molecule has 64 valence electrons. The third kappa shape index (κ3) is 1.20. The lowest BCUT2D eigenvalue weighted by Gasteiger charge is -2.27. The minimum Gasteiger partial charge on any atom is -0.327 e. The van der Waals surface area contributed by atoms with Gasteiger partial charge in [0.2, 0.25) is 0 Å². The number of rotatable bonds is 1. The first-order valence-corrected chi connectivity index (χ1v) is 4.99. The Morgan fingerprint density at radius 1 is 1.18 bits per heavy atom. The molecule has 0 heterocycles. The van der Waals surface area contributed by atoms with Gasteiger partial charge in [0.1, 0.15) is 0 Å². The molecule has 11 heavy (non-hydrogen) atoms. The molecule has 2 saturated carbocycles. The largest absolute Gasteiger partial charge is 0.327 e. The van der Waals surface area contributed by atoms with Gasteiger partial charge in [0, 0.05) is 6.04 Å². The van der Waals surface area contributed by atoms with E-state index in [0.717, 1.165) is 5.92 Å². The molecule has 2 rings (SSSR count). The molecule has 0 radical (unpaired) electrons. The standard InChI is InChI=1S/C10H19N/c1-10(7-9(10)11)8-5-3-2-4-6-8/h8-9H,2-7,11H2,1H3/t9-,10+/m0/s1. The Bertz CT molecular complexity index is 149. The van der Waals surface area contributed by atoms with Crippen molar-refractivity contribution >= 4 is 0 Å². The summed E-state index contributed by atoms with van der Waals surface area (Å²) in [6.07, 6.45) is 8.55. The van der Waals surface area contributed by atoms with Crippen LogP contribution in [0, 0.1) is 11.3 Å². The molecule has 2 aliphatic rings. The molecule has 1 heteroatoms. The summed E-state index contributed by atoms with van der Waals surface area (Å²) in [5, 5.41) is 0.